The molecule has 0 aliphatic carbocycles. The summed E-state index contributed by atoms with van der Waals surface area (Å²) in [5, 5.41) is 7.31. The summed E-state index contributed by atoms with van der Waals surface area (Å²) in [4.78, 5) is 11.8. The Morgan fingerprint density at radius 2 is 1.87 bits per heavy atom. The first kappa shape index (κ1) is 15.5. The van der Waals surface area contributed by atoms with Gasteiger partial charge in [-0.15, -0.1) is 0 Å². The number of benzene rings is 2. The van der Waals surface area contributed by atoms with Crippen molar-refractivity contribution in [3.05, 3.63) is 70.9 Å². The zero-order chi connectivity index (χ0) is 16.2. The first-order valence-electron chi connectivity index (χ1n) is 6.88. The first-order valence-corrected chi connectivity index (χ1v) is 7.67. The molecule has 1 heterocycles. The highest BCUT2D eigenvalue weighted by molar-refractivity contribution is 7.80. The minimum Gasteiger partial charge on any atom is -0.457 e. The quantitative estimate of drug-likeness (QED) is 0.862. The largest absolute Gasteiger partial charge is 0.457 e. The van der Waals surface area contributed by atoms with Gasteiger partial charge in [0.25, 0.3) is 5.91 Å². The Balaban J connectivity index is 1.75. The molecule has 0 spiro atoms. The number of carbonyl (C=O) groups excluding carboxylic acids is 1. The number of hydrogen-bond donors (Lipinski definition) is 1. The third-order valence-corrected chi connectivity index (χ3v) is 3.62. The van der Waals surface area contributed by atoms with Gasteiger partial charge in [0.15, 0.2) is 5.11 Å². The standard InChI is InChI=1S/C17H12ClN2O2S/c18-13-4-2-6-15(9-13)22-14-5-1-3-11(8-14)7-12-10-19-17(23)20-16(12)21/h1-6,8-10H,7H2,(H,19,23). The Bertz CT molecular complexity index is 805. The van der Waals surface area contributed by atoms with Crippen molar-refractivity contribution in [1.29, 1.82) is 0 Å². The topological polar surface area (TPSA) is 52.4 Å². The summed E-state index contributed by atoms with van der Waals surface area (Å²) < 4.78 is 5.78. The van der Waals surface area contributed by atoms with Crippen LogP contribution in [0.3, 0.4) is 0 Å². The average molecular weight is 344 g/mol. The van der Waals surface area contributed by atoms with E-state index in [1.165, 1.54) is 0 Å². The lowest BCUT2D eigenvalue weighted by Gasteiger charge is -2.14. The van der Waals surface area contributed by atoms with Crippen molar-refractivity contribution in [3.8, 4) is 11.5 Å². The fourth-order valence-electron chi connectivity index (χ4n) is 2.14. The molecule has 0 unspecified atom stereocenters. The van der Waals surface area contributed by atoms with Crippen LogP contribution in [0.5, 0.6) is 11.5 Å². The van der Waals surface area contributed by atoms with Crippen molar-refractivity contribution in [2.45, 2.75) is 6.42 Å². The third-order valence-electron chi connectivity index (χ3n) is 3.17. The molecule has 115 valence electrons. The zero-order valence-corrected chi connectivity index (χ0v) is 13.5. The second-order valence-electron chi connectivity index (χ2n) is 4.92. The van der Waals surface area contributed by atoms with Crippen LogP contribution in [-0.2, 0) is 11.2 Å². The summed E-state index contributed by atoms with van der Waals surface area (Å²) in [6, 6.07) is 14.7. The van der Waals surface area contributed by atoms with Gasteiger partial charge in [0.05, 0.1) is 0 Å². The molecule has 0 bridgehead atoms. The number of nitrogens with zero attached hydrogens (tertiary/aromatic N) is 1. The Morgan fingerprint density at radius 1 is 1.13 bits per heavy atom. The van der Waals surface area contributed by atoms with Crippen LogP contribution in [0.2, 0.25) is 5.02 Å². The lowest BCUT2D eigenvalue weighted by atomic mass is 10.0. The van der Waals surface area contributed by atoms with Crippen molar-refractivity contribution >= 4 is 34.8 Å². The highest BCUT2D eigenvalue weighted by Crippen LogP contribution is 2.25. The fraction of sp³-hybridized carbons (Fsp3) is 0.0588. The maximum Gasteiger partial charge on any atom is 0.277 e. The molecular formula is C17H12ClN2O2S. The monoisotopic (exact) mass is 343 g/mol. The minimum absolute atomic E-state index is 0.191. The van der Waals surface area contributed by atoms with E-state index in [0.29, 0.717) is 28.5 Å². The Kier molecular flexibility index (Phi) is 4.60. The maximum absolute atomic E-state index is 11.8. The Labute approximate surface area is 144 Å². The Hall–Kier alpha value is -2.37. The zero-order valence-electron chi connectivity index (χ0n) is 12.0. The molecule has 0 fully saturated rings. The van der Waals surface area contributed by atoms with Gasteiger partial charge in [0, 0.05) is 23.2 Å². The van der Waals surface area contributed by atoms with E-state index in [4.69, 9.17) is 28.6 Å². The van der Waals surface area contributed by atoms with Crippen LogP contribution in [0.25, 0.3) is 0 Å². The van der Waals surface area contributed by atoms with E-state index in [1.807, 2.05) is 36.4 Å². The molecule has 0 saturated carbocycles. The lowest BCUT2D eigenvalue weighted by Crippen LogP contribution is -2.37. The lowest BCUT2D eigenvalue weighted by molar-refractivity contribution is -0.116. The average Bonchev–Trinajstić information content (AvgIpc) is 2.51. The molecule has 1 aliphatic heterocycles. The first-order chi connectivity index (χ1) is 11.1. The number of carbonyl (C=O) groups is 1. The summed E-state index contributed by atoms with van der Waals surface area (Å²) in [5.41, 5.74) is 1.49. The number of amides is 1. The third kappa shape index (κ3) is 4.09. The molecule has 1 amide bonds. The molecule has 6 heteroatoms. The summed E-state index contributed by atoms with van der Waals surface area (Å²) in [6.07, 6.45) is 2.05. The van der Waals surface area contributed by atoms with Gasteiger partial charge in [-0.1, -0.05) is 29.8 Å². The summed E-state index contributed by atoms with van der Waals surface area (Å²) in [5.74, 6) is 1.02. The van der Waals surface area contributed by atoms with E-state index >= 15 is 0 Å². The second-order valence-corrected chi connectivity index (χ2v) is 5.74. The van der Waals surface area contributed by atoms with E-state index in [-0.39, 0.29) is 11.0 Å². The van der Waals surface area contributed by atoms with Crippen molar-refractivity contribution in [1.82, 2.24) is 10.6 Å². The van der Waals surface area contributed by atoms with Gasteiger partial charge in [-0.3, -0.25) is 4.79 Å². The van der Waals surface area contributed by atoms with Crippen molar-refractivity contribution in [2.75, 3.05) is 0 Å². The number of rotatable bonds is 4. The Morgan fingerprint density at radius 3 is 2.61 bits per heavy atom. The number of thiocarbonyl (C=S) groups is 1. The fourth-order valence-corrected chi connectivity index (χ4v) is 2.46. The number of hydrogen-bond acceptors (Lipinski definition) is 3. The molecule has 23 heavy (non-hydrogen) atoms. The van der Waals surface area contributed by atoms with E-state index in [1.54, 1.807) is 18.3 Å². The van der Waals surface area contributed by atoms with Gasteiger partial charge in [-0.05, 0) is 48.1 Å². The van der Waals surface area contributed by atoms with Crippen LogP contribution >= 0.6 is 23.8 Å². The summed E-state index contributed by atoms with van der Waals surface area (Å²) >= 11 is 10.8. The van der Waals surface area contributed by atoms with E-state index < -0.39 is 0 Å². The summed E-state index contributed by atoms with van der Waals surface area (Å²) in [7, 11) is 0. The van der Waals surface area contributed by atoms with Crippen molar-refractivity contribution in [2.24, 2.45) is 0 Å². The molecule has 0 aromatic heterocycles. The van der Waals surface area contributed by atoms with Crippen LogP contribution in [0.1, 0.15) is 5.56 Å². The van der Waals surface area contributed by atoms with Gasteiger partial charge in [-0.2, -0.15) is 5.32 Å². The highest BCUT2D eigenvalue weighted by atomic mass is 35.5. The molecule has 3 rings (SSSR count). The van der Waals surface area contributed by atoms with Gasteiger partial charge < -0.3 is 10.1 Å². The van der Waals surface area contributed by atoms with Gasteiger partial charge >= 0.3 is 0 Å². The molecule has 1 aliphatic rings. The normalized spacial score (nSPS) is 13.9. The molecule has 0 saturated heterocycles. The molecule has 0 atom stereocenters. The molecule has 1 radical (unpaired) electrons. The molecule has 1 N–H and O–H groups in total. The minimum atomic E-state index is -0.310. The SMILES string of the molecule is O=C1[N]C(=S)NC=C1Cc1cccc(Oc2cccc(Cl)c2)c1. The van der Waals surface area contributed by atoms with Crippen LogP contribution in [0.15, 0.2) is 60.3 Å². The van der Waals surface area contributed by atoms with Crippen LogP contribution < -0.4 is 15.4 Å². The van der Waals surface area contributed by atoms with E-state index in [2.05, 4.69) is 10.6 Å². The number of ether oxygens (including phenoxy) is 1. The smallest absolute Gasteiger partial charge is 0.277 e. The van der Waals surface area contributed by atoms with E-state index in [0.717, 1.165) is 5.56 Å². The molecule has 2 aromatic rings. The molecule has 4 nitrogen and oxygen atoms in total. The van der Waals surface area contributed by atoms with Gasteiger partial charge in [0.1, 0.15) is 11.5 Å². The number of halogens is 1. The van der Waals surface area contributed by atoms with Crippen molar-refractivity contribution < 1.29 is 9.53 Å². The predicted molar refractivity (Wildman–Crippen MR) is 92.6 cm³/mol. The van der Waals surface area contributed by atoms with Crippen LogP contribution in [0.4, 0.5) is 0 Å². The highest BCUT2D eigenvalue weighted by Gasteiger charge is 2.18. The molecule has 2 aromatic carbocycles. The number of nitrogens with one attached hydrogen (secondary N) is 1. The maximum atomic E-state index is 11.8. The van der Waals surface area contributed by atoms with Crippen molar-refractivity contribution in [3.63, 3.8) is 0 Å². The van der Waals surface area contributed by atoms with Crippen LogP contribution in [-0.4, -0.2) is 11.0 Å². The predicted octanol–water partition coefficient (Wildman–Crippen LogP) is 3.58. The molecular weight excluding hydrogens is 332 g/mol. The van der Waals surface area contributed by atoms with E-state index in [9.17, 15) is 4.79 Å². The van der Waals surface area contributed by atoms with Crippen LogP contribution in [0, 0.1) is 0 Å². The summed E-state index contributed by atoms with van der Waals surface area (Å²) in [6.45, 7) is 0. The van der Waals surface area contributed by atoms with Gasteiger partial charge in [-0.25, -0.2) is 0 Å². The van der Waals surface area contributed by atoms with Gasteiger partial charge in [0.2, 0.25) is 0 Å². The second kappa shape index (κ2) is 6.81.